The summed E-state index contributed by atoms with van der Waals surface area (Å²) in [5, 5.41) is 8.65. The molecule has 0 aliphatic carbocycles. The van der Waals surface area contributed by atoms with E-state index in [1.54, 1.807) is 6.92 Å². The van der Waals surface area contributed by atoms with Gasteiger partial charge in [0, 0.05) is 0 Å². The first-order valence-corrected chi connectivity index (χ1v) is 6.54. The molecule has 1 rings (SSSR count). The maximum atomic E-state index is 10.5. The standard InChI is InChI=1S/C10H7Cl5O3/c1-3(2-4(16)17)18-10-8(14)6(12)5(11)7(13)9(10)15/h3H,2H2,1H3,(H,16,17)/t3-/m1/s1. The van der Waals surface area contributed by atoms with Crippen molar-refractivity contribution >= 4 is 64.0 Å². The van der Waals surface area contributed by atoms with Crippen molar-refractivity contribution in [1.82, 2.24) is 0 Å². The Morgan fingerprint density at radius 3 is 1.83 bits per heavy atom. The van der Waals surface area contributed by atoms with Crippen molar-refractivity contribution in [2.75, 3.05) is 0 Å². The minimum absolute atomic E-state index is 0.00487. The Morgan fingerprint density at radius 2 is 1.44 bits per heavy atom. The zero-order valence-corrected chi connectivity index (χ0v) is 12.7. The largest absolute Gasteiger partial charge is 0.487 e. The smallest absolute Gasteiger partial charge is 0.307 e. The summed E-state index contributed by atoms with van der Waals surface area (Å²) < 4.78 is 5.33. The molecule has 0 heterocycles. The molecule has 1 aromatic rings. The van der Waals surface area contributed by atoms with Gasteiger partial charge in [0.15, 0.2) is 5.75 Å². The number of rotatable bonds is 4. The van der Waals surface area contributed by atoms with Crippen molar-refractivity contribution in [1.29, 1.82) is 0 Å². The van der Waals surface area contributed by atoms with Gasteiger partial charge in [-0.2, -0.15) is 0 Å². The van der Waals surface area contributed by atoms with Crippen LogP contribution in [0.25, 0.3) is 0 Å². The second-order valence-corrected chi connectivity index (χ2v) is 5.32. The summed E-state index contributed by atoms with van der Waals surface area (Å²) in [5.74, 6) is -0.993. The maximum Gasteiger partial charge on any atom is 0.307 e. The fourth-order valence-electron chi connectivity index (χ4n) is 1.18. The molecule has 18 heavy (non-hydrogen) atoms. The van der Waals surface area contributed by atoms with Crippen molar-refractivity contribution in [2.24, 2.45) is 0 Å². The van der Waals surface area contributed by atoms with Gasteiger partial charge in [0.2, 0.25) is 0 Å². The van der Waals surface area contributed by atoms with Crippen LogP contribution in [-0.2, 0) is 4.79 Å². The molecule has 0 saturated heterocycles. The summed E-state index contributed by atoms with van der Waals surface area (Å²) >= 11 is 29.3. The minimum Gasteiger partial charge on any atom is -0.487 e. The lowest BCUT2D eigenvalue weighted by molar-refractivity contribution is -0.138. The highest BCUT2D eigenvalue weighted by atomic mass is 35.5. The molecule has 0 aliphatic rings. The Balaban J connectivity index is 3.13. The third-order valence-electron chi connectivity index (χ3n) is 1.95. The predicted molar refractivity (Wildman–Crippen MR) is 73.8 cm³/mol. The maximum absolute atomic E-state index is 10.5. The SMILES string of the molecule is C[C@H](CC(=O)O)Oc1c(Cl)c(Cl)c(Cl)c(Cl)c1Cl. The molecule has 0 bridgehead atoms. The van der Waals surface area contributed by atoms with Crippen LogP contribution in [0.5, 0.6) is 5.75 Å². The quantitative estimate of drug-likeness (QED) is 0.599. The third kappa shape index (κ3) is 3.49. The van der Waals surface area contributed by atoms with Crippen molar-refractivity contribution < 1.29 is 14.6 Å². The number of carboxylic acids is 1. The van der Waals surface area contributed by atoms with Gasteiger partial charge in [-0.05, 0) is 6.92 Å². The number of ether oxygens (including phenoxy) is 1. The second kappa shape index (κ2) is 6.40. The second-order valence-electron chi connectivity index (χ2n) is 3.43. The molecule has 1 N–H and O–H groups in total. The Hall–Kier alpha value is -0.0600. The van der Waals surface area contributed by atoms with Crippen LogP contribution in [0.15, 0.2) is 0 Å². The Bertz CT molecular complexity index is 460. The fraction of sp³-hybridized carbons (Fsp3) is 0.300. The van der Waals surface area contributed by atoms with E-state index in [-0.39, 0.29) is 37.3 Å². The molecular formula is C10H7Cl5O3. The van der Waals surface area contributed by atoms with Crippen LogP contribution in [0.4, 0.5) is 0 Å². The average Bonchev–Trinajstić information content (AvgIpc) is 2.29. The number of carboxylic acid groups (broad SMARTS) is 1. The van der Waals surface area contributed by atoms with Gasteiger partial charge in [0.05, 0.1) is 21.5 Å². The van der Waals surface area contributed by atoms with Crippen LogP contribution < -0.4 is 4.74 Å². The molecule has 0 amide bonds. The number of halogens is 5. The van der Waals surface area contributed by atoms with Gasteiger partial charge in [-0.25, -0.2) is 0 Å². The lowest BCUT2D eigenvalue weighted by atomic mass is 10.2. The Labute approximate surface area is 128 Å². The fourth-order valence-corrected chi connectivity index (χ4v) is 2.39. The lowest BCUT2D eigenvalue weighted by Crippen LogP contribution is -2.17. The minimum atomic E-state index is -1.01. The zero-order valence-electron chi connectivity index (χ0n) is 8.94. The molecule has 0 aliphatic heterocycles. The van der Waals surface area contributed by atoms with Gasteiger partial charge >= 0.3 is 5.97 Å². The predicted octanol–water partition coefficient (Wildman–Crippen LogP) is 5.20. The summed E-state index contributed by atoms with van der Waals surface area (Å²) in [6.07, 6.45) is -0.865. The number of carbonyl (C=O) groups is 1. The number of hydrogen-bond acceptors (Lipinski definition) is 2. The van der Waals surface area contributed by atoms with E-state index in [9.17, 15) is 4.79 Å². The van der Waals surface area contributed by atoms with Crippen molar-refractivity contribution in [3.63, 3.8) is 0 Å². The third-order valence-corrected chi connectivity index (χ3v) is 4.19. The first kappa shape index (κ1) is 16.0. The first-order valence-electron chi connectivity index (χ1n) is 4.65. The van der Waals surface area contributed by atoms with E-state index in [4.69, 9.17) is 67.8 Å². The topological polar surface area (TPSA) is 46.5 Å². The molecule has 0 saturated carbocycles. The van der Waals surface area contributed by atoms with Gasteiger partial charge in [-0.15, -0.1) is 0 Å². The highest BCUT2D eigenvalue weighted by Gasteiger charge is 2.22. The van der Waals surface area contributed by atoms with E-state index in [0.717, 1.165) is 0 Å². The zero-order chi connectivity index (χ0) is 14.0. The van der Waals surface area contributed by atoms with Crippen LogP contribution in [0.1, 0.15) is 13.3 Å². The van der Waals surface area contributed by atoms with E-state index < -0.39 is 12.1 Å². The molecule has 1 atom stereocenters. The summed E-state index contributed by atoms with van der Waals surface area (Å²) in [6, 6.07) is 0. The normalized spacial score (nSPS) is 12.3. The van der Waals surface area contributed by atoms with E-state index in [1.165, 1.54) is 0 Å². The van der Waals surface area contributed by atoms with Crippen LogP contribution in [-0.4, -0.2) is 17.2 Å². The van der Waals surface area contributed by atoms with Gasteiger partial charge in [-0.3, -0.25) is 4.79 Å². The van der Waals surface area contributed by atoms with Gasteiger partial charge in [0.25, 0.3) is 0 Å². The molecule has 0 aromatic heterocycles. The monoisotopic (exact) mass is 350 g/mol. The highest BCUT2D eigenvalue weighted by molar-refractivity contribution is 6.55. The molecule has 8 heteroatoms. The Kier molecular flexibility index (Phi) is 5.68. The van der Waals surface area contributed by atoms with E-state index >= 15 is 0 Å². The van der Waals surface area contributed by atoms with Crippen LogP contribution in [0, 0.1) is 0 Å². The van der Waals surface area contributed by atoms with Gasteiger partial charge < -0.3 is 9.84 Å². The Morgan fingerprint density at radius 1 is 1.06 bits per heavy atom. The molecule has 0 unspecified atom stereocenters. The van der Waals surface area contributed by atoms with E-state index in [1.807, 2.05) is 0 Å². The molecular weight excluding hydrogens is 345 g/mol. The van der Waals surface area contributed by atoms with E-state index in [0.29, 0.717) is 0 Å². The van der Waals surface area contributed by atoms with Crippen molar-refractivity contribution in [3.8, 4) is 5.75 Å². The van der Waals surface area contributed by atoms with Gasteiger partial charge in [-0.1, -0.05) is 58.0 Å². The lowest BCUT2D eigenvalue weighted by Gasteiger charge is -2.17. The molecule has 0 fully saturated rings. The van der Waals surface area contributed by atoms with Crippen LogP contribution in [0.3, 0.4) is 0 Å². The van der Waals surface area contributed by atoms with Crippen LogP contribution >= 0.6 is 58.0 Å². The molecule has 1 aromatic carbocycles. The molecule has 0 spiro atoms. The summed E-state index contributed by atoms with van der Waals surface area (Å²) in [5.41, 5.74) is 0. The summed E-state index contributed by atoms with van der Waals surface area (Å²) in [6.45, 7) is 1.55. The van der Waals surface area contributed by atoms with Crippen molar-refractivity contribution in [2.45, 2.75) is 19.4 Å². The highest BCUT2D eigenvalue weighted by Crippen LogP contribution is 2.48. The average molecular weight is 352 g/mol. The molecule has 0 radical (unpaired) electrons. The van der Waals surface area contributed by atoms with Crippen LogP contribution in [0.2, 0.25) is 25.1 Å². The van der Waals surface area contributed by atoms with Crippen molar-refractivity contribution in [3.05, 3.63) is 25.1 Å². The number of benzene rings is 1. The molecule has 100 valence electrons. The van der Waals surface area contributed by atoms with Gasteiger partial charge in [0.1, 0.15) is 16.1 Å². The molecule has 3 nitrogen and oxygen atoms in total. The van der Waals surface area contributed by atoms with E-state index in [2.05, 4.69) is 0 Å². The summed E-state index contributed by atoms with van der Waals surface area (Å²) in [7, 11) is 0. The first-order chi connectivity index (χ1) is 8.25. The number of hydrogen-bond donors (Lipinski definition) is 1. The summed E-state index contributed by atoms with van der Waals surface area (Å²) in [4.78, 5) is 10.5. The number of aliphatic carboxylic acids is 1.